The van der Waals surface area contributed by atoms with E-state index in [-0.39, 0.29) is 0 Å². The fourth-order valence-corrected chi connectivity index (χ4v) is 6.45. The van der Waals surface area contributed by atoms with E-state index >= 15 is 0 Å². The van der Waals surface area contributed by atoms with Gasteiger partial charge in [-0.2, -0.15) is 4.99 Å². The number of ether oxygens (including phenoxy) is 1. The molecule has 176 valence electrons. The molecule has 8 nitrogen and oxygen atoms in total. The Morgan fingerprint density at radius 1 is 1.31 bits per heavy atom. The molecule has 1 aliphatic heterocycles. The van der Waals surface area contributed by atoms with E-state index in [0.717, 1.165) is 27.5 Å². The topological polar surface area (TPSA) is 98.0 Å². The number of hydrogen-bond donors (Lipinski definition) is 0. The SMILES string of the molecule is CCOCCn1c(=NC(=O)CS(=O)(=O)CC(=O)N2CCCC(C)C2)sc2cc(Br)ccc21. The van der Waals surface area contributed by atoms with Gasteiger partial charge in [0.25, 0.3) is 5.91 Å². The van der Waals surface area contributed by atoms with Crippen LogP contribution in [0.5, 0.6) is 0 Å². The van der Waals surface area contributed by atoms with Crippen molar-refractivity contribution in [3.63, 3.8) is 0 Å². The maximum atomic E-state index is 12.5. The minimum Gasteiger partial charge on any atom is -0.380 e. The van der Waals surface area contributed by atoms with E-state index in [1.807, 2.05) is 36.6 Å². The molecule has 2 amide bonds. The lowest BCUT2D eigenvalue weighted by Crippen LogP contribution is -2.42. The summed E-state index contributed by atoms with van der Waals surface area (Å²) in [6.45, 7) is 6.57. The number of hydrogen-bond acceptors (Lipinski definition) is 6. The van der Waals surface area contributed by atoms with E-state index in [4.69, 9.17) is 4.74 Å². The van der Waals surface area contributed by atoms with Crippen LogP contribution in [0, 0.1) is 5.92 Å². The highest BCUT2D eigenvalue weighted by atomic mass is 79.9. The van der Waals surface area contributed by atoms with Gasteiger partial charge in [-0.25, -0.2) is 8.42 Å². The van der Waals surface area contributed by atoms with Crippen molar-refractivity contribution in [2.24, 2.45) is 10.9 Å². The fourth-order valence-electron chi connectivity index (χ4n) is 3.72. The molecule has 3 rings (SSSR count). The minimum absolute atomic E-state index is 0.354. The number of carbonyl (C=O) groups is 2. The highest BCUT2D eigenvalue weighted by Gasteiger charge is 2.27. The summed E-state index contributed by atoms with van der Waals surface area (Å²) in [5.41, 5.74) is 0.890. The zero-order valence-electron chi connectivity index (χ0n) is 18.3. The van der Waals surface area contributed by atoms with Crippen molar-refractivity contribution >= 4 is 59.1 Å². The summed E-state index contributed by atoms with van der Waals surface area (Å²) in [7, 11) is -3.91. The van der Waals surface area contributed by atoms with Gasteiger partial charge in [0.1, 0.15) is 11.5 Å². The molecule has 1 saturated heterocycles. The summed E-state index contributed by atoms with van der Waals surface area (Å²) in [6.07, 6.45) is 1.90. The van der Waals surface area contributed by atoms with Gasteiger partial charge in [-0.05, 0) is 43.9 Å². The molecule has 32 heavy (non-hydrogen) atoms. The largest absolute Gasteiger partial charge is 0.380 e. The number of thiazole rings is 1. The molecule has 0 aliphatic carbocycles. The first kappa shape index (κ1) is 25.1. The van der Waals surface area contributed by atoms with E-state index in [1.54, 1.807) is 4.90 Å². The molecule has 11 heteroatoms. The van der Waals surface area contributed by atoms with Crippen LogP contribution in [0.1, 0.15) is 26.7 Å². The van der Waals surface area contributed by atoms with Crippen molar-refractivity contribution in [3.8, 4) is 0 Å². The first-order valence-electron chi connectivity index (χ1n) is 10.6. The van der Waals surface area contributed by atoms with Crippen LogP contribution < -0.4 is 4.80 Å². The maximum Gasteiger partial charge on any atom is 0.263 e. The van der Waals surface area contributed by atoms with Crippen LogP contribution in [0.2, 0.25) is 0 Å². The Labute approximate surface area is 200 Å². The molecule has 1 unspecified atom stereocenters. The Morgan fingerprint density at radius 3 is 2.81 bits per heavy atom. The predicted molar refractivity (Wildman–Crippen MR) is 128 cm³/mol. The molecule has 0 saturated carbocycles. The monoisotopic (exact) mass is 545 g/mol. The number of carbonyl (C=O) groups excluding carboxylic acids is 2. The van der Waals surface area contributed by atoms with Crippen molar-refractivity contribution in [1.29, 1.82) is 0 Å². The molecule has 0 bridgehead atoms. The lowest BCUT2D eigenvalue weighted by molar-refractivity contribution is -0.130. The molecule has 1 aromatic heterocycles. The summed E-state index contributed by atoms with van der Waals surface area (Å²) in [4.78, 5) is 31.1. The van der Waals surface area contributed by atoms with E-state index in [9.17, 15) is 18.0 Å². The molecule has 2 aromatic rings. The molecule has 0 N–H and O–H groups in total. The van der Waals surface area contributed by atoms with Gasteiger partial charge in [-0.3, -0.25) is 9.59 Å². The fraction of sp³-hybridized carbons (Fsp3) is 0.571. The number of fused-ring (bicyclic) bond motifs is 1. The van der Waals surface area contributed by atoms with Gasteiger partial charge >= 0.3 is 0 Å². The quantitative estimate of drug-likeness (QED) is 0.475. The Balaban J connectivity index is 1.77. The van der Waals surface area contributed by atoms with E-state index in [0.29, 0.717) is 43.6 Å². The van der Waals surface area contributed by atoms with Crippen LogP contribution in [0.15, 0.2) is 27.7 Å². The van der Waals surface area contributed by atoms with Gasteiger partial charge < -0.3 is 14.2 Å². The van der Waals surface area contributed by atoms with Gasteiger partial charge in [-0.1, -0.05) is 34.2 Å². The lowest BCUT2D eigenvalue weighted by atomic mass is 10.0. The molecule has 1 aromatic carbocycles. The van der Waals surface area contributed by atoms with E-state index in [1.165, 1.54) is 11.3 Å². The maximum absolute atomic E-state index is 12.5. The Morgan fingerprint density at radius 2 is 2.09 bits per heavy atom. The average Bonchev–Trinajstić information content (AvgIpc) is 3.03. The number of likely N-dealkylation sites (tertiary alicyclic amines) is 1. The Bertz CT molecular complexity index is 1160. The van der Waals surface area contributed by atoms with Crippen LogP contribution in [-0.2, 0) is 30.7 Å². The van der Waals surface area contributed by atoms with Crippen molar-refractivity contribution in [3.05, 3.63) is 27.5 Å². The normalized spacial score (nSPS) is 17.8. The third kappa shape index (κ3) is 6.72. The van der Waals surface area contributed by atoms with Gasteiger partial charge in [0.2, 0.25) is 5.91 Å². The zero-order chi connectivity index (χ0) is 23.3. The number of rotatable bonds is 8. The van der Waals surface area contributed by atoms with Crippen molar-refractivity contribution < 1.29 is 22.7 Å². The standard InChI is InChI=1S/C21H28BrN3O5S2/c1-3-30-10-9-25-17-7-6-16(22)11-18(17)31-21(25)23-19(26)13-32(28,29)14-20(27)24-8-4-5-15(2)12-24/h6-7,11,15H,3-5,8-10,12-14H2,1-2H3. The van der Waals surface area contributed by atoms with Crippen molar-refractivity contribution in [2.75, 3.05) is 37.8 Å². The second kappa shape index (κ2) is 11.0. The first-order chi connectivity index (χ1) is 15.2. The summed E-state index contributed by atoms with van der Waals surface area (Å²) < 4.78 is 34.1. The summed E-state index contributed by atoms with van der Waals surface area (Å²) in [6, 6.07) is 5.74. The van der Waals surface area contributed by atoms with Crippen LogP contribution in [0.4, 0.5) is 0 Å². The second-order valence-corrected chi connectivity index (χ2v) is 12.0. The predicted octanol–water partition coefficient (Wildman–Crippen LogP) is 2.60. The van der Waals surface area contributed by atoms with Crippen molar-refractivity contribution in [2.45, 2.75) is 33.2 Å². The zero-order valence-corrected chi connectivity index (χ0v) is 21.5. The summed E-state index contributed by atoms with van der Waals surface area (Å²) >= 11 is 4.75. The van der Waals surface area contributed by atoms with Gasteiger partial charge in [0, 0.05) is 30.7 Å². The number of piperidine rings is 1. The molecule has 1 atom stereocenters. The number of amides is 2. The van der Waals surface area contributed by atoms with Crippen molar-refractivity contribution in [1.82, 2.24) is 9.47 Å². The second-order valence-electron chi connectivity index (χ2n) is 7.97. The molecule has 1 fully saturated rings. The molecule has 0 spiro atoms. The molecule has 1 aliphatic rings. The number of nitrogens with zero attached hydrogens (tertiary/aromatic N) is 3. The van der Waals surface area contributed by atoms with Gasteiger partial charge in [0.05, 0.1) is 16.8 Å². The van der Waals surface area contributed by atoms with Crippen LogP contribution >= 0.6 is 27.3 Å². The summed E-state index contributed by atoms with van der Waals surface area (Å²) in [5, 5.41) is 0. The van der Waals surface area contributed by atoms with Crippen LogP contribution in [0.3, 0.4) is 0 Å². The van der Waals surface area contributed by atoms with Gasteiger partial charge in [0.15, 0.2) is 14.6 Å². The van der Waals surface area contributed by atoms with Gasteiger partial charge in [-0.15, -0.1) is 0 Å². The first-order valence-corrected chi connectivity index (χ1v) is 14.0. The van der Waals surface area contributed by atoms with Crippen LogP contribution in [-0.4, -0.2) is 67.5 Å². The Kier molecular flexibility index (Phi) is 8.65. The summed E-state index contributed by atoms with van der Waals surface area (Å²) in [5.74, 6) is -2.31. The number of sulfone groups is 1. The number of halogens is 1. The smallest absolute Gasteiger partial charge is 0.263 e. The third-order valence-electron chi connectivity index (χ3n) is 5.22. The van der Waals surface area contributed by atoms with Crippen LogP contribution in [0.25, 0.3) is 10.2 Å². The average molecular weight is 547 g/mol. The van der Waals surface area contributed by atoms with E-state index < -0.39 is 33.2 Å². The highest BCUT2D eigenvalue weighted by Crippen LogP contribution is 2.22. The number of aromatic nitrogens is 1. The molecular weight excluding hydrogens is 518 g/mol. The molecule has 2 heterocycles. The molecular formula is C21H28BrN3O5S2. The third-order valence-corrected chi connectivity index (χ3v) is 8.13. The highest BCUT2D eigenvalue weighted by molar-refractivity contribution is 9.10. The number of benzene rings is 1. The molecule has 0 radical (unpaired) electrons. The Hall–Kier alpha value is -1.56. The lowest BCUT2D eigenvalue weighted by Gasteiger charge is -2.30. The minimum atomic E-state index is -3.91. The van der Waals surface area contributed by atoms with E-state index in [2.05, 4.69) is 20.9 Å².